The molecule has 0 spiro atoms. The summed E-state index contributed by atoms with van der Waals surface area (Å²) < 4.78 is 5.91. The van der Waals surface area contributed by atoms with E-state index in [2.05, 4.69) is 11.1 Å². The van der Waals surface area contributed by atoms with E-state index in [1.165, 1.54) is 0 Å². The zero-order valence-corrected chi connectivity index (χ0v) is 10.1. The van der Waals surface area contributed by atoms with Gasteiger partial charge in [-0.2, -0.15) is 5.26 Å². The topological polar surface area (TPSA) is 45.9 Å². The summed E-state index contributed by atoms with van der Waals surface area (Å²) in [6.45, 7) is 0.633. The second kappa shape index (κ2) is 4.30. The van der Waals surface area contributed by atoms with Crippen LogP contribution in [0.2, 0.25) is 0 Å². The minimum absolute atomic E-state index is 0.110. The molecular weight excluding hydrogens is 224 g/mol. The summed E-state index contributed by atoms with van der Waals surface area (Å²) in [6, 6.07) is 12.1. The summed E-state index contributed by atoms with van der Waals surface area (Å²) in [4.78, 5) is 4.31. The van der Waals surface area contributed by atoms with E-state index >= 15 is 0 Å². The molecule has 0 bridgehead atoms. The van der Waals surface area contributed by atoms with E-state index in [1.54, 1.807) is 6.20 Å². The van der Waals surface area contributed by atoms with Crippen molar-refractivity contribution in [3.8, 4) is 11.8 Å². The van der Waals surface area contributed by atoms with E-state index in [0.717, 1.165) is 29.5 Å². The summed E-state index contributed by atoms with van der Waals surface area (Å²) >= 11 is 0. The highest BCUT2D eigenvalue weighted by atomic mass is 16.5. The third kappa shape index (κ3) is 2.02. The normalized spacial score (nSPS) is 16.2. The predicted octanol–water partition coefficient (Wildman–Crippen LogP) is 3.31. The number of fused-ring (bicyclic) bond motifs is 1. The van der Waals surface area contributed by atoms with Crippen LogP contribution >= 0.6 is 0 Å². The van der Waals surface area contributed by atoms with E-state index in [4.69, 9.17) is 10.00 Å². The van der Waals surface area contributed by atoms with Gasteiger partial charge in [0.2, 0.25) is 0 Å². The number of hydrogen-bond acceptors (Lipinski definition) is 3. The van der Waals surface area contributed by atoms with E-state index in [1.807, 2.05) is 30.3 Å². The van der Waals surface area contributed by atoms with Gasteiger partial charge in [-0.25, -0.2) is 0 Å². The summed E-state index contributed by atoms with van der Waals surface area (Å²) in [7, 11) is 0. The van der Waals surface area contributed by atoms with Crippen molar-refractivity contribution in [1.29, 1.82) is 5.26 Å². The number of benzene rings is 1. The monoisotopic (exact) mass is 238 g/mol. The predicted molar refractivity (Wildman–Crippen MR) is 69.1 cm³/mol. The van der Waals surface area contributed by atoms with Crippen molar-refractivity contribution in [3.63, 3.8) is 0 Å². The van der Waals surface area contributed by atoms with Gasteiger partial charge in [-0.1, -0.05) is 6.07 Å². The third-order valence-corrected chi connectivity index (χ3v) is 3.55. The second-order valence-electron chi connectivity index (χ2n) is 4.95. The number of hydrogen-bond donors (Lipinski definition) is 0. The molecule has 1 aliphatic rings. The average Bonchev–Trinajstić information content (AvgIpc) is 3.17. The highest BCUT2D eigenvalue weighted by molar-refractivity contribution is 5.84. The fourth-order valence-electron chi connectivity index (χ4n) is 2.15. The van der Waals surface area contributed by atoms with Crippen LogP contribution in [0.4, 0.5) is 0 Å². The van der Waals surface area contributed by atoms with E-state index in [-0.39, 0.29) is 5.41 Å². The van der Waals surface area contributed by atoms with Crippen LogP contribution in [0, 0.1) is 16.7 Å². The lowest BCUT2D eigenvalue weighted by atomic mass is 10.1. The molecule has 3 nitrogen and oxygen atoms in total. The maximum atomic E-state index is 8.80. The van der Waals surface area contributed by atoms with Crippen LogP contribution in [-0.4, -0.2) is 11.6 Å². The first-order valence-electron chi connectivity index (χ1n) is 6.17. The molecule has 1 fully saturated rings. The Labute approximate surface area is 106 Å². The Bertz CT molecular complexity index is 606. The minimum Gasteiger partial charge on any atom is -0.492 e. The van der Waals surface area contributed by atoms with Gasteiger partial charge >= 0.3 is 0 Å². The SMILES string of the molecule is N#CCC1(COc2cccc3ncccc23)CC1. The van der Waals surface area contributed by atoms with Crippen LogP contribution in [0.5, 0.6) is 5.75 Å². The molecule has 1 aliphatic carbocycles. The number of rotatable bonds is 4. The Morgan fingerprint density at radius 1 is 1.28 bits per heavy atom. The summed E-state index contributed by atoms with van der Waals surface area (Å²) in [5, 5.41) is 9.83. The first kappa shape index (κ1) is 11.0. The Kier molecular flexibility index (Phi) is 2.64. The van der Waals surface area contributed by atoms with Crippen LogP contribution in [0.15, 0.2) is 36.5 Å². The zero-order valence-electron chi connectivity index (χ0n) is 10.1. The molecule has 0 N–H and O–H groups in total. The molecule has 1 aromatic carbocycles. The van der Waals surface area contributed by atoms with E-state index in [0.29, 0.717) is 13.0 Å². The van der Waals surface area contributed by atoms with Gasteiger partial charge in [-0.05, 0) is 37.1 Å². The van der Waals surface area contributed by atoms with Gasteiger partial charge in [0, 0.05) is 23.4 Å². The molecule has 3 rings (SSSR count). The largest absolute Gasteiger partial charge is 0.492 e. The lowest BCUT2D eigenvalue weighted by Gasteiger charge is -2.14. The van der Waals surface area contributed by atoms with Gasteiger partial charge in [-0.3, -0.25) is 4.98 Å². The molecule has 0 saturated heterocycles. The Balaban J connectivity index is 1.81. The van der Waals surface area contributed by atoms with E-state index < -0.39 is 0 Å². The fraction of sp³-hybridized carbons (Fsp3) is 0.333. The molecule has 90 valence electrons. The average molecular weight is 238 g/mol. The molecular formula is C15H14N2O. The van der Waals surface area contributed by atoms with Crippen LogP contribution < -0.4 is 4.74 Å². The quantitative estimate of drug-likeness (QED) is 0.820. The van der Waals surface area contributed by atoms with Crippen molar-refractivity contribution < 1.29 is 4.74 Å². The maximum absolute atomic E-state index is 8.80. The van der Waals surface area contributed by atoms with Crippen LogP contribution in [0.25, 0.3) is 10.9 Å². The summed E-state index contributed by atoms with van der Waals surface area (Å²) in [5.41, 5.74) is 1.05. The van der Waals surface area contributed by atoms with Gasteiger partial charge in [0.1, 0.15) is 5.75 Å². The standard InChI is InChI=1S/C15H14N2O/c16-9-8-15(6-7-15)11-18-14-5-1-4-13-12(14)3-2-10-17-13/h1-5,10H,6-8,11H2. The highest BCUT2D eigenvalue weighted by Gasteiger charge is 2.43. The van der Waals surface area contributed by atoms with Crippen molar-refractivity contribution in [2.45, 2.75) is 19.3 Å². The molecule has 1 aromatic heterocycles. The molecule has 3 heteroatoms. The van der Waals surface area contributed by atoms with Crippen molar-refractivity contribution in [3.05, 3.63) is 36.5 Å². The van der Waals surface area contributed by atoms with Gasteiger partial charge in [0.25, 0.3) is 0 Å². The smallest absolute Gasteiger partial charge is 0.128 e. The molecule has 0 atom stereocenters. The molecule has 1 heterocycles. The number of aromatic nitrogens is 1. The van der Waals surface area contributed by atoms with Crippen molar-refractivity contribution >= 4 is 10.9 Å². The van der Waals surface area contributed by atoms with Crippen LogP contribution in [-0.2, 0) is 0 Å². The first-order chi connectivity index (χ1) is 8.83. The van der Waals surface area contributed by atoms with Gasteiger partial charge in [0.05, 0.1) is 18.2 Å². The van der Waals surface area contributed by atoms with Crippen molar-refractivity contribution in [1.82, 2.24) is 4.98 Å². The van der Waals surface area contributed by atoms with Gasteiger partial charge in [-0.15, -0.1) is 0 Å². The number of ether oxygens (including phenoxy) is 1. The third-order valence-electron chi connectivity index (χ3n) is 3.55. The molecule has 0 unspecified atom stereocenters. The number of nitrogens with zero attached hydrogens (tertiary/aromatic N) is 2. The van der Waals surface area contributed by atoms with Gasteiger partial charge < -0.3 is 4.74 Å². The first-order valence-corrected chi connectivity index (χ1v) is 6.17. The van der Waals surface area contributed by atoms with Crippen LogP contribution in [0.3, 0.4) is 0 Å². The van der Waals surface area contributed by atoms with Crippen LogP contribution in [0.1, 0.15) is 19.3 Å². The molecule has 2 aromatic rings. The lowest BCUT2D eigenvalue weighted by molar-refractivity contribution is 0.239. The fourth-order valence-corrected chi connectivity index (χ4v) is 2.15. The molecule has 18 heavy (non-hydrogen) atoms. The Morgan fingerprint density at radius 3 is 2.94 bits per heavy atom. The molecule has 0 amide bonds. The summed E-state index contributed by atoms with van der Waals surface area (Å²) in [5.74, 6) is 0.866. The van der Waals surface area contributed by atoms with Gasteiger partial charge in [0.15, 0.2) is 0 Å². The minimum atomic E-state index is 0.110. The summed E-state index contributed by atoms with van der Waals surface area (Å²) in [6.07, 6.45) is 4.58. The Morgan fingerprint density at radius 2 is 2.17 bits per heavy atom. The zero-order chi connectivity index (χ0) is 12.4. The highest BCUT2D eigenvalue weighted by Crippen LogP contribution is 2.48. The molecule has 0 aliphatic heterocycles. The van der Waals surface area contributed by atoms with E-state index in [9.17, 15) is 0 Å². The molecule has 1 saturated carbocycles. The Hall–Kier alpha value is -2.08. The second-order valence-corrected chi connectivity index (χ2v) is 4.95. The van der Waals surface area contributed by atoms with Crippen molar-refractivity contribution in [2.24, 2.45) is 5.41 Å². The number of nitriles is 1. The van der Waals surface area contributed by atoms with Crippen molar-refractivity contribution in [2.75, 3.05) is 6.61 Å². The number of pyridine rings is 1. The lowest BCUT2D eigenvalue weighted by Crippen LogP contribution is -2.12. The molecule has 0 radical (unpaired) electrons. The maximum Gasteiger partial charge on any atom is 0.128 e.